The highest BCUT2D eigenvalue weighted by molar-refractivity contribution is 6.25. The number of fused-ring (bicyclic) bond motifs is 8. The van der Waals surface area contributed by atoms with Gasteiger partial charge in [0.15, 0.2) is 0 Å². The SMILES string of the molecule is C=CC.c1ccc2cc(-c3ccc(-c4c5ccccc5c(-c5ccc6oc7cc8ccccc8cc7c6c5)c5ccccc45)c4ccccc34)ccc2c1. The summed E-state index contributed by atoms with van der Waals surface area (Å²) < 4.78 is 6.41. The molecule has 11 aromatic rings. The Labute approximate surface area is 314 Å². The molecule has 1 heterocycles. The largest absolute Gasteiger partial charge is 0.456 e. The molecule has 1 heteroatoms. The first-order valence-corrected chi connectivity index (χ1v) is 18.6. The lowest BCUT2D eigenvalue weighted by atomic mass is 9.83. The molecule has 54 heavy (non-hydrogen) atoms. The second-order valence-corrected chi connectivity index (χ2v) is 14.0. The van der Waals surface area contributed by atoms with Crippen LogP contribution in [0.5, 0.6) is 0 Å². The quantitative estimate of drug-likeness (QED) is 0.133. The van der Waals surface area contributed by atoms with E-state index in [4.69, 9.17) is 4.42 Å². The van der Waals surface area contributed by atoms with Gasteiger partial charge in [0.05, 0.1) is 0 Å². The van der Waals surface area contributed by atoms with Crippen LogP contribution in [-0.2, 0) is 0 Å². The highest BCUT2D eigenvalue weighted by Gasteiger charge is 2.20. The molecule has 0 amide bonds. The zero-order valence-corrected chi connectivity index (χ0v) is 30.0. The molecule has 1 nitrogen and oxygen atoms in total. The summed E-state index contributed by atoms with van der Waals surface area (Å²) in [5.74, 6) is 0. The fourth-order valence-electron chi connectivity index (χ4n) is 8.47. The third-order valence-corrected chi connectivity index (χ3v) is 10.8. The summed E-state index contributed by atoms with van der Waals surface area (Å²) in [6, 6.07) is 66.5. The Balaban J connectivity index is 0.00000117. The number of benzene rings is 10. The van der Waals surface area contributed by atoms with Crippen molar-refractivity contribution >= 4 is 75.8 Å². The normalized spacial score (nSPS) is 11.5. The smallest absolute Gasteiger partial charge is 0.136 e. The van der Waals surface area contributed by atoms with Crippen LogP contribution in [0.25, 0.3) is 109 Å². The molecular weight excluding hydrogens is 653 g/mol. The van der Waals surface area contributed by atoms with Gasteiger partial charge in [-0.15, -0.1) is 6.58 Å². The summed E-state index contributed by atoms with van der Waals surface area (Å²) in [5.41, 5.74) is 9.27. The molecule has 0 aliphatic rings. The predicted molar refractivity (Wildman–Crippen MR) is 233 cm³/mol. The molecule has 0 unspecified atom stereocenters. The third-order valence-electron chi connectivity index (χ3n) is 10.8. The second kappa shape index (κ2) is 12.9. The Morgan fingerprint density at radius 1 is 0.352 bits per heavy atom. The Hall–Kier alpha value is -6.96. The first kappa shape index (κ1) is 31.7. The monoisotopic (exact) mass is 688 g/mol. The Bertz CT molecular complexity index is 3190. The van der Waals surface area contributed by atoms with Crippen molar-refractivity contribution in [2.24, 2.45) is 0 Å². The Morgan fingerprint density at radius 2 is 0.815 bits per heavy atom. The molecule has 11 rings (SSSR count). The molecule has 0 bridgehead atoms. The van der Waals surface area contributed by atoms with Gasteiger partial charge in [-0.3, -0.25) is 0 Å². The molecule has 0 radical (unpaired) electrons. The van der Waals surface area contributed by atoms with Crippen LogP contribution in [0.3, 0.4) is 0 Å². The standard InChI is InChI=1S/C50H30O.C3H6/c1-2-12-32-27-35(22-21-31(32)11-1)37-24-25-44(39-16-6-5-15-38(37)39)50-42-19-9-7-17-40(42)49(41-18-8-10-20-43(41)50)36-23-26-47-45(29-36)46-28-33-13-3-4-14-34(33)30-48(46)51-47;1-3-2/h1-30H;3H,1H2,2H3. The molecule has 0 aliphatic carbocycles. The molecular formula is C53H36O. The topological polar surface area (TPSA) is 13.1 Å². The van der Waals surface area contributed by atoms with Gasteiger partial charge in [0.25, 0.3) is 0 Å². The van der Waals surface area contributed by atoms with Gasteiger partial charge >= 0.3 is 0 Å². The minimum Gasteiger partial charge on any atom is -0.456 e. The van der Waals surface area contributed by atoms with Gasteiger partial charge in [-0.05, 0) is 124 Å². The zero-order valence-electron chi connectivity index (χ0n) is 30.0. The average Bonchev–Trinajstić information content (AvgIpc) is 3.58. The maximum absolute atomic E-state index is 6.41. The van der Waals surface area contributed by atoms with Gasteiger partial charge in [-0.1, -0.05) is 158 Å². The van der Waals surface area contributed by atoms with E-state index in [2.05, 4.69) is 189 Å². The van der Waals surface area contributed by atoms with E-state index in [0.717, 1.165) is 21.9 Å². The number of hydrogen-bond donors (Lipinski definition) is 0. The predicted octanol–water partition coefficient (Wildman–Crippen LogP) is 15.5. The zero-order chi connectivity index (χ0) is 36.2. The molecule has 0 aliphatic heterocycles. The van der Waals surface area contributed by atoms with Crippen molar-refractivity contribution in [3.8, 4) is 33.4 Å². The van der Waals surface area contributed by atoms with Crippen LogP contribution < -0.4 is 0 Å². The van der Waals surface area contributed by atoms with Gasteiger partial charge < -0.3 is 4.42 Å². The lowest BCUT2D eigenvalue weighted by Gasteiger charge is -2.20. The summed E-state index contributed by atoms with van der Waals surface area (Å²) in [6.45, 7) is 5.25. The number of allylic oxidation sites excluding steroid dienone is 1. The van der Waals surface area contributed by atoms with E-state index in [-0.39, 0.29) is 0 Å². The van der Waals surface area contributed by atoms with Gasteiger partial charge in [0.2, 0.25) is 0 Å². The molecule has 0 atom stereocenters. The average molecular weight is 689 g/mol. The number of rotatable bonds is 3. The summed E-state index contributed by atoms with van der Waals surface area (Å²) in [7, 11) is 0. The summed E-state index contributed by atoms with van der Waals surface area (Å²) in [5, 5.41) is 14.7. The maximum Gasteiger partial charge on any atom is 0.136 e. The molecule has 0 fully saturated rings. The van der Waals surface area contributed by atoms with E-state index in [1.54, 1.807) is 6.08 Å². The van der Waals surface area contributed by atoms with E-state index < -0.39 is 0 Å². The molecule has 1 aromatic heterocycles. The molecule has 10 aromatic carbocycles. The van der Waals surface area contributed by atoms with Crippen molar-refractivity contribution in [1.82, 2.24) is 0 Å². The van der Waals surface area contributed by atoms with Gasteiger partial charge in [0.1, 0.15) is 11.2 Å². The first-order valence-electron chi connectivity index (χ1n) is 18.6. The van der Waals surface area contributed by atoms with Crippen molar-refractivity contribution in [3.63, 3.8) is 0 Å². The van der Waals surface area contributed by atoms with Gasteiger partial charge in [0, 0.05) is 10.8 Å². The summed E-state index contributed by atoms with van der Waals surface area (Å²) in [4.78, 5) is 0. The van der Waals surface area contributed by atoms with Gasteiger partial charge in [-0.2, -0.15) is 0 Å². The van der Waals surface area contributed by atoms with E-state index in [0.29, 0.717) is 0 Å². The van der Waals surface area contributed by atoms with E-state index >= 15 is 0 Å². The van der Waals surface area contributed by atoms with E-state index in [9.17, 15) is 0 Å². The summed E-state index contributed by atoms with van der Waals surface area (Å²) >= 11 is 0. The maximum atomic E-state index is 6.41. The van der Waals surface area contributed by atoms with Crippen molar-refractivity contribution in [3.05, 3.63) is 195 Å². The highest BCUT2D eigenvalue weighted by atomic mass is 16.3. The number of hydrogen-bond acceptors (Lipinski definition) is 1. The van der Waals surface area contributed by atoms with Crippen LogP contribution in [0.1, 0.15) is 6.92 Å². The van der Waals surface area contributed by atoms with Crippen LogP contribution in [-0.4, -0.2) is 0 Å². The second-order valence-electron chi connectivity index (χ2n) is 14.0. The van der Waals surface area contributed by atoms with Crippen LogP contribution in [0.15, 0.2) is 199 Å². The van der Waals surface area contributed by atoms with Crippen LogP contribution in [0, 0.1) is 0 Å². The minimum atomic E-state index is 0.910. The lowest BCUT2D eigenvalue weighted by Crippen LogP contribution is -1.92. The molecule has 0 spiro atoms. The van der Waals surface area contributed by atoms with Crippen molar-refractivity contribution in [1.29, 1.82) is 0 Å². The van der Waals surface area contributed by atoms with Crippen molar-refractivity contribution in [2.75, 3.05) is 0 Å². The number of furan rings is 1. The first-order chi connectivity index (χ1) is 26.7. The van der Waals surface area contributed by atoms with Crippen LogP contribution >= 0.6 is 0 Å². The Morgan fingerprint density at radius 3 is 1.46 bits per heavy atom. The van der Waals surface area contributed by atoms with Crippen molar-refractivity contribution in [2.45, 2.75) is 6.92 Å². The van der Waals surface area contributed by atoms with E-state index in [1.807, 2.05) is 6.92 Å². The van der Waals surface area contributed by atoms with E-state index in [1.165, 1.54) is 87.2 Å². The Kier molecular flexibility index (Phi) is 7.59. The minimum absolute atomic E-state index is 0.910. The van der Waals surface area contributed by atoms with Gasteiger partial charge in [-0.25, -0.2) is 0 Å². The molecule has 254 valence electrons. The molecule has 0 saturated carbocycles. The molecule has 0 saturated heterocycles. The lowest BCUT2D eigenvalue weighted by molar-refractivity contribution is 0.669. The van der Waals surface area contributed by atoms with Crippen molar-refractivity contribution < 1.29 is 4.42 Å². The fourth-order valence-corrected chi connectivity index (χ4v) is 8.47. The van der Waals surface area contributed by atoms with Crippen LogP contribution in [0.2, 0.25) is 0 Å². The third kappa shape index (κ3) is 5.09. The molecule has 0 N–H and O–H groups in total. The summed E-state index contributed by atoms with van der Waals surface area (Å²) in [6.07, 6.45) is 1.75. The van der Waals surface area contributed by atoms with Crippen LogP contribution in [0.4, 0.5) is 0 Å². The fraction of sp³-hybridized carbons (Fsp3) is 0.0189. The highest BCUT2D eigenvalue weighted by Crippen LogP contribution is 2.47.